The van der Waals surface area contributed by atoms with Crippen LogP contribution in [0, 0.1) is 10.1 Å². The number of nitro benzene ring substituents is 1. The zero-order valence-electron chi connectivity index (χ0n) is 13.4. The van der Waals surface area contributed by atoms with Gasteiger partial charge in [-0.3, -0.25) is 15.1 Å². The number of benzene rings is 2. The molecule has 8 nitrogen and oxygen atoms in total. The lowest BCUT2D eigenvalue weighted by molar-refractivity contribution is -0.384. The van der Waals surface area contributed by atoms with Crippen LogP contribution in [0.15, 0.2) is 47.5 Å². The summed E-state index contributed by atoms with van der Waals surface area (Å²) in [6, 6.07) is 11.0. The van der Waals surface area contributed by atoms with Gasteiger partial charge in [0, 0.05) is 18.3 Å². The SMILES string of the molecule is O=[N+]([O-])c1ccc(N=Cc2ccc(OCCO)c(OCCO)c2)cc1. The topological polar surface area (TPSA) is 114 Å². The van der Waals surface area contributed by atoms with Crippen LogP contribution >= 0.6 is 0 Å². The van der Waals surface area contributed by atoms with Crippen LogP contribution in [0.25, 0.3) is 0 Å². The Balaban J connectivity index is 2.15. The minimum absolute atomic E-state index is 0.00373. The second kappa shape index (κ2) is 9.36. The maximum atomic E-state index is 10.6. The maximum absolute atomic E-state index is 10.6. The Bertz CT molecular complexity index is 730. The summed E-state index contributed by atoms with van der Waals surface area (Å²) in [5, 5.41) is 28.4. The van der Waals surface area contributed by atoms with E-state index in [0.29, 0.717) is 17.2 Å². The van der Waals surface area contributed by atoms with Crippen molar-refractivity contribution in [2.24, 2.45) is 4.99 Å². The van der Waals surface area contributed by atoms with E-state index in [9.17, 15) is 10.1 Å². The first kappa shape index (κ1) is 18.4. The molecule has 0 bridgehead atoms. The summed E-state index contributed by atoms with van der Waals surface area (Å²) in [7, 11) is 0. The smallest absolute Gasteiger partial charge is 0.269 e. The van der Waals surface area contributed by atoms with E-state index in [-0.39, 0.29) is 32.1 Å². The molecule has 0 radical (unpaired) electrons. The van der Waals surface area contributed by atoms with Gasteiger partial charge >= 0.3 is 0 Å². The van der Waals surface area contributed by atoms with E-state index in [1.807, 2.05) is 0 Å². The number of non-ortho nitro benzene ring substituents is 1. The van der Waals surface area contributed by atoms with Gasteiger partial charge in [-0.2, -0.15) is 0 Å². The molecule has 0 aliphatic rings. The highest BCUT2D eigenvalue weighted by atomic mass is 16.6. The molecule has 2 rings (SSSR count). The average Bonchev–Trinajstić information content (AvgIpc) is 2.64. The largest absolute Gasteiger partial charge is 0.487 e. The monoisotopic (exact) mass is 346 g/mol. The Labute approximate surface area is 144 Å². The normalized spacial score (nSPS) is 10.8. The molecule has 0 heterocycles. The van der Waals surface area contributed by atoms with E-state index >= 15 is 0 Å². The van der Waals surface area contributed by atoms with Crippen molar-refractivity contribution in [2.45, 2.75) is 0 Å². The molecular formula is C17H18N2O6. The van der Waals surface area contributed by atoms with Gasteiger partial charge in [0.05, 0.1) is 23.8 Å². The molecular weight excluding hydrogens is 328 g/mol. The molecule has 0 fully saturated rings. The molecule has 0 amide bonds. The van der Waals surface area contributed by atoms with Gasteiger partial charge in [-0.15, -0.1) is 0 Å². The third-order valence-corrected chi connectivity index (χ3v) is 3.09. The Kier molecular flexibility index (Phi) is 6.87. The minimum atomic E-state index is -0.469. The van der Waals surface area contributed by atoms with Crippen molar-refractivity contribution in [3.05, 3.63) is 58.1 Å². The Morgan fingerprint density at radius 2 is 1.64 bits per heavy atom. The summed E-state index contributed by atoms with van der Waals surface area (Å²) in [4.78, 5) is 14.4. The fourth-order valence-corrected chi connectivity index (χ4v) is 1.96. The summed E-state index contributed by atoms with van der Waals surface area (Å²) >= 11 is 0. The van der Waals surface area contributed by atoms with Crippen LogP contribution in [0.3, 0.4) is 0 Å². The molecule has 0 saturated carbocycles. The summed E-state index contributed by atoms with van der Waals surface area (Å²) in [6.07, 6.45) is 1.59. The minimum Gasteiger partial charge on any atom is -0.487 e. The van der Waals surface area contributed by atoms with Crippen LogP contribution < -0.4 is 9.47 Å². The molecule has 0 aliphatic carbocycles. The van der Waals surface area contributed by atoms with Crippen LogP contribution in [-0.4, -0.2) is 47.8 Å². The number of nitro groups is 1. The zero-order chi connectivity index (χ0) is 18.1. The van der Waals surface area contributed by atoms with Crippen molar-refractivity contribution in [3.8, 4) is 11.5 Å². The second-order valence-corrected chi connectivity index (χ2v) is 4.88. The lowest BCUT2D eigenvalue weighted by Crippen LogP contribution is -2.06. The van der Waals surface area contributed by atoms with Gasteiger partial charge in [0.2, 0.25) is 0 Å². The quantitative estimate of drug-likeness (QED) is 0.408. The first-order valence-electron chi connectivity index (χ1n) is 7.54. The maximum Gasteiger partial charge on any atom is 0.269 e. The van der Waals surface area contributed by atoms with Crippen molar-refractivity contribution in [2.75, 3.05) is 26.4 Å². The van der Waals surface area contributed by atoms with Gasteiger partial charge in [0.25, 0.3) is 5.69 Å². The Morgan fingerprint density at radius 1 is 1.00 bits per heavy atom. The van der Waals surface area contributed by atoms with E-state index < -0.39 is 4.92 Å². The predicted octanol–water partition coefficient (Wildman–Crippen LogP) is 2.09. The number of aliphatic hydroxyl groups is 2. The molecule has 0 unspecified atom stereocenters. The third kappa shape index (κ3) is 5.55. The summed E-state index contributed by atoms with van der Waals surface area (Å²) < 4.78 is 10.8. The fourth-order valence-electron chi connectivity index (χ4n) is 1.96. The average molecular weight is 346 g/mol. The van der Waals surface area contributed by atoms with Gasteiger partial charge < -0.3 is 19.7 Å². The van der Waals surface area contributed by atoms with Crippen molar-refractivity contribution in [1.29, 1.82) is 0 Å². The van der Waals surface area contributed by atoms with E-state index in [1.54, 1.807) is 36.5 Å². The highest BCUT2D eigenvalue weighted by Gasteiger charge is 2.07. The van der Waals surface area contributed by atoms with Crippen LogP contribution in [0.4, 0.5) is 11.4 Å². The van der Waals surface area contributed by atoms with Gasteiger partial charge in [0.1, 0.15) is 13.2 Å². The van der Waals surface area contributed by atoms with E-state index in [0.717, 1.165) is 5.56 Å². The molecule has 0 aliphatic heterocycles. The van der Waals surface area contributed by atoms with E-state index in [2.05, 4.69) is 4.99 Å². The molecule has 25 heavy (non-hydrogen) atoms. The number of hydrogen-bond donors (Lipinski definition) is 2. The first-order valence-corrected chi connectivity index (χ1v) is 7.54. The molecule has 0 spiro atoms. The van der Waals surface area contributed by atoms with Gasteiger partial charge in [-0.25, -0.2) is 0 Å². The highest BCUT2D eigenvalue weighted by Crippen LogP contribution is 2.28. The van der Waals surface area contributed by atoms with Crippen molar-refractivity contribution < 1.29 is 24.6 Å². The molecule has 132 valence electrons. The van der Waals surface area contributed by atoms with Gasteiger partial charge in [-0.1, -0.05) is 0 Å². The van der Waals surface area contributed by atoms with Crippen molar-refractivity contribution in [1.82, 2.24) is 0 Å². The molecule has 0 atom stereocenters. The van der Waals surface area contributed by atoms with Crippen LogP contribution in [-0.2, 0) is 0 Å². The van der Waals surface area contributed by atoms with Gasteiger partial charge in [0.15, 0.2) is 11.5 Å². The first-order chi connectivity index (χ1) is 12.1. The fraction of sp³-hybridized carbons (Fsp3) is 0.235. The standard InChI is InChI=1S/C17H18N2O6/c20-7-9-24-16-6-1-13(11-17(16)25-10-8-21)12-18-14-2-4-15(5-3-14)19(22)23/h1-6,11-12,20-21H,7-10H2. The number of hydrogen-bond acceptors (Lipinski definition) is 7. The number of nitrogens with zero attached hydrogens (tertiary/aromatic N) is 2. The number of aliphatic hydroxyl groups excluding tert-OH is 2. The zero-order valence-corrected chi connectivity index (χ0v) is 13.4. The predicted molar refractivity (Wildman–Crippen MR) is 92.0 cm³/mol. The molecule has 2 N–H and O–H groups in total. The molecule has 0 saturated heterocycles. The second-order valence-electron chi connectivity index (χ2n) is 4.88. The number of ether oxygens (including phenoxy) is 2. The summed E-state index contributed by atoms with van der Waals surface area (Å²) in [6.45, 7) is -0.0203. The molecule has 2 aromatic carbocycles. The van der Waals surface area contributed by atoms with Crippen LogP contribution in [0.2, 0.25) is 0 Å². The van der Waals surface area contributed by atoms with Crippen LogP contribution in [0.1, 0.15) is 5.56 Å². The Morgan fingerprint density at radius 3 is 2.24 bits per heavy atom. The van der Waals surface area contributed by atoms with Crippen molar-refractivity contribution in [3.63, 3.8) is 0 Å². The van der Waals surface area contributed by atoms with E-state index in [4.69, 9.17) is 19.7 Å². The molecule has 8 heteroatoms. The molecule has 2 aromatic rings. The van der Waals surface area contributed by atoms with Crippen LogP contribution in [0.5, 0.6) is 11.5 Å². The van der Waals surface area contributed by atoms with E-state index in [1.165, 1.54) is 12.1 Å². The third-order valence-electron chi connectivity index (χ3n) is 3.09. The highest BCUT2D eigenvalue weighted by molar-refractivity contribution is 5.83. The lowest BCUT2D eigenvalue weighted by atomic mass is 10.2. The Hall–Kier alpha value is -2.97. The number of rotatable bonds is 9. The molecule has 0 aromatic heterocycles. The number of aliphatic imine (C=N–C) groups is 1. The van der Waals surface area contributed by atoms with Gasteiger partial charge in [-0.05, 0) is 35.9 Å². The summed E-state index contributed by atoms with van der Waals surface area (Å²) in [5.41, 5.74) is 1.30. The summed E-state index contributed by atoms with van der Waals surface area (Å²) in [5.74, 6) is 0.880. The lowest BCUT2D eigenvalue weighted by Gasteiger charge is -2.12. The van der Waals surface area contributed by atoms with Crippen molar-refractivity contribution >= 4 is 17.6 Å².